The number of aromatic nitrogens is 2. The first-order valence-electron chi connectivity index (χ1n) is 3.39. The molecule has 62 valence electrons. The fourth-order valence-electron chi connectivity index (χ4n) is 0.573. The third-order valence-corrected chi connectivity index (χ3v) is 1.04. The molecule has 0 saturated carbocycles. The third kappa shape index (κ3) is 3.36. The zero-order chi connectivity index (χ0) is 8.65. The van der Waals surface area contributed by atoms with Gasteiger partial charge in [0, 0.05) is 0 Å². The Bertz CT molecular complexity index is 254. The highest BCUT2D eigenvalue weighted by Crippen LogP contribution is 1.79. The van der Waals surface area contributed by atoms with Crippen LogP contribution in [0.5, 0.6) is 0 Å². The van der Waals surface area contributed by atoms with Gasteiger partial charge in [0.2, 0.25) is 0 Å². The van der Waals surface area contributed by atoms with Crippen molar-refractivity contribution >= 4 is 0 Å². The van der Waals surface area contributed by atoms with E-state index in [1.807, 2.05) is 36.4 Å². The average Bonchev–Trinajstić information content (AvgIpc) is 2.60. The normalized spacial score (nSPS) is 8.33. The van der Waals surface area contributed by atoms with E-state index in [4.69, 9.17) is 0 Å². The minimum atomic E-state index is 0.125. The number of hydrogen-bond acceptors (Lipinski definition) is 3. The molecule has 0 N–H and O–H groups in total. The van der Waals surface area contributed by atoms with Crippen molar-refractivity contribution in [3.8, 4) is 0 Å². The Morgan fingerprint density at radius 3 is 1.67 bits per heavy atom. The molecule has 0 unspecified atom stereocenters. The summed E-state index contributed by atoms with van der Waals surface area (Å²) in [5.74, 6) is 0. The van der Waals surface area contributed by atoms with Crippen LogP contribution >= 0.6 is 0 Å². The van der Waals surface area contributed by atoms with E-state index in [0.717, 1.165) is 0 Å². The van der Waals surface area contributed by atoms with Crippen LogP contribution in [0.3, 0.4) is 0 Å². The number of hydrogen-bond donors (Lipinski definition) is 0. The molecule has 0 atom stereocenters. The van der Waals surface area contributed by atoms with Crippen molar-refractivity contribution in [2.45, 2.75) is 0 Å². The summed E-state index contributed by atoms with van der Waals surface area (Å²) in [6.45, 7) is 0. The molecule has 0 fully saturated rings. The van der Waals surface area contributed by atoms with Crippen molar-refractivity contribution in [1.82, 2.24) is 5.10 Å². The average molecular weight is 164 g/mol. The lowest BCUT2D eigenvalue weighted by molar-refractivity contribution is -0.840. The van der Waals surface area contributed by atoms with Crippen LogP contribution in [0, 0.1) is 5.21 Å². The lowest BCUT2D eigenvalue weighted by Crippen LogP contribution is -2.25. The van der Waals surface area contributed by atoms with Gasteiger partial charge in [0.05, 0.1) is 11.4 Å². The van der Waals surface area contributed by atoms with Gasteiger partial charge in [-0.15, -0.1) is 0 Å². The summed E-state index contributed by atoms with van der Waals surface area (Å²) < 4.78 is 4.08. The zero-order valence-corrected chi connectivity index (χ0v) is 6.33. The van der Waals surface area contributed by atoms with Gasteiger partial charge in [-0.1, -0.05) is 36.4 Å². The van der Waals surface area contributed by atoms with Crippen LogP contribution in [0.25, 0.3) is 0 Å². The first kappa shape index (κ1) is 8.26. The Hall–Kier alpha value is -1.84. The molecule has 0 aliphatic carbocycles. The molecule has 4 heteroatoms. The van der Waals surface area contributed by atoms with Crippen molar-refractivity contribution in [1.29, 1.82) is 0 Å². The summed E-state index contributed by atoms with van der Waals surface area (Å²) in [5.41, 5.74) is 0. The Morgan fingerprint density at radius 2 is 1.50 bits per heavy atom. The Morgan fingerprint density at radius 1 is 1.00 bits per heavy atom. The topological polar surface area (TPSA) is 53.0 Å². The second kappa shape index (κ2) is 4.90. The molecule has 0 radical (unpaired) electrons. The van der Waals surface area contributed by atoms with Crippen LogP contribution in [0.1, 0.15) is 0 Å². The maximum atomic E-state index is 9.71. The summed E-state index contributed by atoms with van der Waals surface area (Å²) in [4.78, 5) is 0. The highest BCUT2D eigenvalue weighted by Gasteiger charge is 1.80. The molecule has 12 heavy (non-hydrogen) atoms. The second-order valence-corrected chi connectivity index (χ2v) is 1.90. The Balaban J connectivity index is 0.000000120. The van der Waals surface area contributed by atoms with Crippen molar-refractivity contribution < 1.29 is 9.54 Å². The van der Waals surface area contributed by atoms with Gasteiger partial charge >= 0.3 is 0 Å². The molecule has 1 aromatic carbocycles. The van der Waals surface area contributed by atoms with E-state index in [2.05, 4.69) is 9.62 Å². The predicted molar refractivity (Wildman–Crippen MR) is 41.9 cm³/mol. The molecule has 0 bridgehead atoms. The minimum Gasteiger partial charge on any atom is -0.350 e. The fraction of sp³-hybridized carbons (Fsp3) is 0. The standard InChI is InChI=1S/C6H6.C2H2N2O2/c1-2-4-6-5-3-1;5-4-3-1-2-6-4/h1-6H;1-2H. The quantitative estimate of drug-likeness (QED) is 0.545. The third-order valence-electron chi connectivity index (χ3n) is 1.04. The summed E-state index contributed by atoms with van der Waals surface area (Å²) in [7, 11) is 0. The van der Waals surface area contributed by atoms with Crippen molar-refractivity contribution in [2.75, 3.05) is 0 Å². The van der Waals surface area contributed by atoms with Gasteiger partial charge in [-0.05, 0) is 0 Å². The number of rotatable bonds is 0. The molecular formula is C8H8N2O2. The largest absolute Gasteiger partial charge is 0.350 e. The molecule has 0 aliphatic heterocycles. The number of nitrogens with zero attached hydrogens (tertiary/aromatic N) is 2. The van der Waals surface area contributed by atoms with Gasteiger partial charge in [-0.2, -0.15) is 0 Å². The van der Waals surface area contributed by atoms with Gasteiger partial charge in [-0.25, -0.2) is 5.21 Å². The van der Waals surface area contributed by atoms with Gasteiger partial charge < -0.3 is 4.52 Å². The first-order valence-corrected chi connectivity index (χ1v) is 3.39. The predicted octanol–water partition coefficient (Wildman–Crippen LogP) is 0.995. The summed E-state index contributed by atoms with van der Waals surface area (Å²) in [6, 6.07) is 12.0. The highest BCUT2D eigenvalue weighted by molar-refractivity contribution is 4.99. The lowest BCUT2D eigenvalue weighted by atomic mass is 10.4. The van der Waals surface area contributed by atoms with E-state index in [9.17, 15) is 5.21 Å². The van der Waals surface area contributed by atoms with Crippen LogP contribution in [0.2, 0.25) is 0 Å². The van der Waals surface area contributed by atoms with E-state index >= 15 is 0 Å². The van der Waals surface area contributed by atoms with Gasteiger partial charge in [0.25, 0.3) is 0 Å². The summed E-state index contributed by atoms with van der Waals surface area (Å²) >= 11 is 0. The molecule has 4 nitrogen and oxygen atoms in total. The summed E-state index contributed by atoms with van der Waals surface area (Å²) in [6.07, 6.45) is 2.47. The smallest absolute Gasteiger partial charge is 0.178 e. The van der Waals surface area contributed by atoms with Gasteiger partial charge in [-0.3, -0.25) is 0 Å². The maximum absolute atomic E-state index is 9.71. The molecule has 2 aromatic rings. The van der Waals surface area contributed by atoms with E-state index in [1.54, 1.807) is 0 Å². The van der Waals surface area contributed by atoms with Crippen LogP contribution in [0.4, 0.5) is 0 Å². The molecule has 0 amide bonds. The molecule has 2 rings (SSSR count). The summed E-state index contributed by atoms with van der Waals surface area (Å²) in [5, 5.41) is 12.9. The fourth-order valence-corrected chi connectivity index (χ4v) is 0.573. The van der Waals surface area contributed by atoms with Crippen molar-refractivity contribution in [2.24, 2.45) is 0 Å². The molecule has 0 aliphatic rings. The van der Waals surface area contributed by atoms with Crippen molar-refractivity contribution in [3.05, 3.63) is 54.1 Å². The zero-order valence-electron chi connectivity index (χ0n) is 6.33. The lowest BCUT2D eigenvalue weighted by Gasteiger charge is -1.69. The van der Waals surface area contributed by atoms with Crippen LogP contribution in [-0.4, -0.2) is 5.10 Å². The molecule has 0 saturated heterocycles. The highest BCUT2D eigenvalue weighted by atomic mass is 16.7. The monoisotopic (exact) mass is 164 g/mol. The minimum absolute atomic E-state index is 0.125. The SMILES string of the molecule is [O-][n+]1ncco1.c1ccccc1. The van der Waals surface area contributed by atoms with E-state index < -0.39 is 0 Å². The number of benzene rings is 1. The van der Waals surface area contributed by atoms with Crippen LogP contribution in [-0.2, 0) is 0 Å². The molecule has 1 aromatic heterocycles. The Kier molecular flexibility index (Phi) is 3.37. The van der Waals surface area contributed by atoms with Gasteiger partial charge in [0.15, 0.2) is 5.02 Å². The maximum Gasteiger partial charge on any atom is 0.178 e. The molecular weight excluding hydrogens is 156 g/mol. The van der Waals surface area contributed by atoms with E-state index in [-0.39, 0.29) is 5.02 Å². The van der Waals surface area contributed by atoms with Gasteiger partial charge in [0.1, 0.15) is 6.20 Å². The van der Waals surface area contributed by atoms with Crippen LogP contribution in [0.15, 0.2) is 53.4 Å². The van der Waals surface area contributed by atoms with E-state index in [1.165, 1.54) is 12.5 Å². The van der Waals surface area contributed by atoms with Crippen molar-refractivity contribution in [3.63, 3.8) is 0 Å². The first-order chi connectivity index (χ1) is 5.89. The second-order valence-electron chi connectivity index (χ2n) is 1.90. The van der Waals surface area contributed by atoms with Crippen LogP contribution < -0.4 is 5.02 Å². The Labute approximate surface area is 69.6 Å². The van der Waals surface area contributed by atoms with E-state index in [0.29, 0.717) is 0 Å². The molecule has 0 spiro atoms. The molecule has 1 heterocycles.